The molecule has 0 aromatic heterocycles. The molecular formula is C17H24ClN3. The van der Waals surface area contributed by atoms with E-state index in [9.17, 15) is 0 Å². The van der Waals surface area contributed by atoms with Gasteiger partial charge in [0.25, 0.3) is 0 Å². The molecule has 1 saturated carbocycles. The molecule has 2 N–H and O–H groups in total. The standard InChI is InChI=1S/C17H24ClN3/c1-2-13-4-3-10-17(11-9-13)12-20-16(19)21(17)15-7-5-14(18)6-8-15/h5-8,13H,2-4,9-12H2,1H3,(H2,19,20). The van der Waals surface area contributed by atoms with E-state index in [2.05, 4.69) is 28.9 Å². The van der Waals surface area contributed by atoms with Crippen LogP contribution in [0.1, 0.15) is 45.4 Å². The summed E-state index contributed by atoms with van der Waals surface area (Å²) in [4.78, 5) is 6.84. The number of nitrogens with zero attached hydrogens (tertiary/aromatic N) is 2. The number of benzene rings is 1. The number of anilines is 1. The van der Waals surface area contributed by atoms with Crippen molar-refractivity contribution in [3.05, 3.63) is 29.3 Å². The molecule has 0 radical (unpaired) electrons. The maximum atomic E-state index is 6.22. The summed E-state index contributed by atoms with van der Waals surface area (Å²) in [5, 5.41) is 0.759. The van der Waals surface area contributed by atoms with E-state index in [0.29, 0.717) is 5.96 Å². The minimum absolute atomic E-state index is 0.0852. The zero-order valence-corrected chi connectivity index (χ0v) is 13.4. The van der Waals surface area contributed by atoms with Crippen LogP contribution in [0, 0.1) is 5.92 Å². The molecule has 114 valence electrons. The Morgan fingerprint density at radius 1 is 1.29 bits per heavy atom. The monoisotopic (exact) mass is 305 g/mol. The molecule has 2 atom stereocenters. The number of hydrogen-bond donors (Lipinski definition) is 1. The molecule has 0 amide bonds. The molecule has 0 saturated heterocycles. The molecule has 4 heteroatoms. The summed E-state index contributed by atoms with van der Waals surface area (Å²) in [6, 6.07) is 7.98. The molecule has 1 heterocycles. The van der Waals surface area contributed by atoms with E-state index in [1.807, 2.05) is 12.1 Å². The van der Waals surface area contributed by atoms with Gasteiger partial charge in [-0.2, -0.15) is 0 Å². The highest BCUT2D eigenvalue weighted by Crippen LogP contribution is 2.41. The van der Waals surface area contributed by atoms with Crippen LogP contribution in [-0.4, -0.2) is 18.0 Å². The lowest BCUT2D eigenvalue weighted by atomic mass is 9.88. The van der Waals surface area contributed by atoms with Gasteiger partial charge in [0.2, 0.25) is 0 Å². The van der Waals surface area contributed by atoms with E-state index in [1.165, 1.54) is 38.5 Å². The van der Waals surface area contributed by atoms with Crippen LogP contribution in [0.15, 0.2) is 29.3 Å². The quantitative estimate of drug-likeness (QED) is 0.889. The first kappa shape index (κ1) is 14.7. The molecule has 3 rings (SSSR count). The van der Waals surface area contributed by atoms with E-state index in [0.717, 1.165) is 23.2 Å². The van der Waals surface area contributed by atoms with Crippen LogP contribution in [-0.2, 0) is 0 Å². The van der Waals surface area contributed by atoms with Crippen molar-refractivity contribution in [1.82, 2.24) is 0 Å². The van der Waals surface area contributed by atoms with Gasteiger partial charge in [-0.15, -0.1) is 0 Å². The maximum Gasteiger partial charge on any atom is 0.196 e. The molecule has 21 heavy (non-hydrogen) atoms. The zero-order chi connectivity index (χ0) is 14.9. The molecule has 3 nitrogen and oxygen atoms in total. The van der Waals surface area contributed by atoms with Gasteiger partial charge in [0.05, 0.1) is 12.1 Å². The van der Waals surface area contributed by atoms with Crippen LogP contribution in [0.25, 0.3) is 0 Å². The number of rotatable bonds is 2. The normalized spacial score (nSPS) is 29.5. The van der Waals surface area contributed by atoms with Gasteiger partial charge in [-0.25, -0.2) is 0 Å². The Hall–Kier alpha value is -1.22. The number of nitrogens with two attached hydrogens (primary N) is 1. The fourth-order valence-electron chi connectivity index (χ4n) is 3.86. The maximum absolute atomic E-state index is 6.22. The Kier molecular flexibility index (Phi) is 4.12. The van der Waals surface area contributed by atoms with E-state index in [-0.39, 0.29) is 5.54 Å². The Balaban J connectivity index is 1.89. The fraction of sp³-hybridized carbons (Fsp3) is 0.588. The third-order valence-corrected chi connectivity index (χ3v) is 5.43. The molecule has 1 spiro atoms. The van der Waals surface area contributed by atoms with Crippen molar-refractivity contribution in [2.24, 2.45) is 16.6 Å². The van der Waals surface area contributed by atoms with Crippen molar-refractivity contribution in [3.8, 4) is 0 Å². The first-order valence-corrected chi connectivity index (χ1v) is 8.38. The highest BCUT2D eigenvalue weighted by Gasteiger charge is 2.43. The minimum atomic E-state index is 0.0852. The van der Waals surface area contributed by atoms with Crippen LogP contribution >= 0.6 is 11.6 Å². The molecule has 1 aliphatic heterocycles. The van der Waals surface area contributed by atoms with E-state index in [1.54, 1.807) is 0 Å². The lowest BCUT2D eigenvalue weighted by Gasteiger charge is -2.39. The topological polar surface area (TPSA) is 41.6 Å². The van der Waals surface area contributed by atoms with Crippen molar-refractivity contribution in [1.29, 1.82) is 0 Å². The Morgan fingerprint density at radius 2 is 2.05 bits per heavy atom. The number of aliphatic imine (C=N–C) groups is 1. The second-order valence-corrected chi connectivity index (χ2v) is 6.85. The molecule has 1 aliphatic carbocycles. The first-order valence-electron chi connectivity index (χ1n) is 8.00. The van der Waals surface area contributed by atoms with Gasteiger partial charge in [-0.05, 0) is 49.4 Å². The summed E-state index contributed by atoms with van der Waals surface area (Å²) in [5.41, 5.74) is 7.42. The van der Waals surface area contributed by atoms with Gasteiger partial charge in [-0.1, -0.05) is 37.8 Å². The van der Waals surface area contributed by atoms with Gasteiger partial charge in [0.15, 0.2) is 5.96 Å². The molecule has 1 fully saturated rings. The van der Waals surface area contributed by atoms with Gasteiger partial charge in [0, 0.05) is 10.7 Å². The third-order valence-electron chi connectivity index (χ3n) is 5.17. The van der Waals surface area contributed by atoms with Gasteiger partial charge < -0.3 is 10.6 Å². The Morgan fingerprint density at radius 3 is 2.76 bits per heavy atom. The van der Waals surface area contributed by atoms with Crippen LogP contribution in [0.5, 0.6) is 0 Å². The van der Waals surface area contributed by atoms with Gasteiger partial charge in [-0.3, -0.25) is 4.99 Å². The lowest BCUT2D eigenvalue weighted by Crippen LogP contribution is -2.51. The molecule has 2 unspecified atom stereocenters. The summed E-state index contributed by atoms with van der Waals surface area (Å²) < 4.78 is 0. The van der Waals surface area contributed by atoms with E-state index >= 15 is 0 Å². The fourth-order valence-corrected chi connectivity index (χ4v) is 3.99. The van der Waals surface area contributed by atoms with Crippen molar-refractivity contribution in [2.45, 2.75) is 51.0 Å². The molecular weight excluding hydrogens is 282 g/mol. The first-order chi connectivity index (χ1) is 10.1. The highest BCUT2D eigenvalue weighted by molar-refractivity contribution is 6.30. The predicted octanol–water partition coefficient (Wildman–Crippen LogP) is 4.20. The zero-order valence-electron chi connectivity index (χ0n) is 12.7. The van der Waals surface area contributed by atoms with Crippen molar-refractivity contribution < 1.29 is 0 Å². The average Bonchev–Trinajstić information content (AvgIpc) is 2.69. The highest BCUT2D eigenvalue weighted by atomic mass is 35.5. The summed E-state index contributed by atoms with van der Waals surface area (Å²) in [6.45, 7) is 3.14. The van der Waals surface area contributed by atoms with E-state index in [4.69, 9.17) is 17.3 Å². The van der Waals surface area contributed by atoms with Crippen LogP contribution in [0.2, 0.25) is 5.02 Å². The summed E-state index contributed by atoms with van der Waals surface area (Å²) in [5.74, 6) is 1.52. The van der Waals surface area contributed by atoms with Crippen LogP contribution in [0.3, 0.4) is 0 Å². The van der Waals surface area contributed by atoms with Gasteiger partial charge in [0.1, 0.15) is 0 Å². The smallest absolute Gasteiger partial charge is 0.196 e. The minimum Gasteiger partial charge on any atom is -0.369 e. The second kappa shape index (κ2) is 5.88. The average molecular weight is 306 g/mol. The SMILES string of the molecule is CCC1CCCC2(CC1)CN=C(N)N2c1ccc(Cl)cc1. The number of hydrogen-bond acceptors (Lipinski definition) is 3. The second-order valence-electron chi connectivity index (χ2n) is 6.42. The Labute approximate surface area is 132 Å². The predicted molar refractivity (Wildman–Crippen MR) is 90.0 cm³/mol. The van der Waals surface area contributed by atoms with Crippen molar-refractivity contribution in [3.63, 3.8) is 0 Å². The molecule has 1 aromatic rings. The number of guanidine groups is 1. The Bertz CT molecular complexity index is 525. The molecule has 1 aromatic carbocycles. The van der Waals surface area contributed by atoms with Crippen molar-refractivity contribution >= 4 is 23.2 Å². The summed E-state index contributed by atoms with van der Waals surface area (Å²) in [7, 11) is 0. The summed E-state index contributed by atoms with van der Waals surface area (Å²) >= 11 is 6.02. The van der Waals surface area contributed by atoms with Crippen LogP contribution < -0.4 is 10.6 Å². The third kappa shape index (κ3) is 2.76. The molecule has 2 aliphatic rings. The lowest BCUT2D eigenvalue weighted by molar-refractivity contribution is 0.384. The van der Waals surface area contributed by atoms with Crippen LogP contribution in [0.4, 0.5) is 5.69 Å². The van der Waals surface area contributed by atoms with Crippen molar-refractivity contribution in [2.75, 3.05) is 11.4 Å². The van der Waals surface area contributed by atoms with E-state index < -0.39 is 0 Å². The van der Waals surface area contributed by atoms with Gasteiger partial charge >= 0.3 is 0 Å². The molecule has 0 bridgehead atoms. The summed E-state index contributed by atoms with van der Waals surface area (Å²) in [6.07, 6.45) is 7.53. The number of halogens is 1. The largest absolute Gasteiger partial charge is 0.369 e.